The molecule has 29 heavy (non-hydrogen) atoms. The van der Waals surface area contributed by atoms with Gasteiger partial charge in [0.2, 0.25) is 5.91 Å². The van der Waals surface area contributed by atoms with Crippen molar-refractivity contribution in [1.82, 2.24) is 10.4 Å². The van der Waals surface area contributed by atoms with Crippen molar-refractivity contribution in [2.75, 3.05) is 34.9 Å². The van der Waals surface area contributed by atoms with Crippen molar-refractivity contribution >= 4 is 31.3 Å². The van der Waals surface area contributed by atoms with Gasteiger partial charge in [0.15, 0.2) is 19.7 Å². The van der Waals surface area contributed by atoms with Gasteiger partial charge in [-0.1, -0.05) is 25.1 Å². The standard InChI is InChI=1S/C19H29N3O5S2/c1-3-15-6-4-5-14(2)19(15)20-18(23)11-22(17-8-10-29(26,27)13-17)21-16-7-9-28(24,25)12-16/h4-6,16-17,21H,3,7-13H2,1-2H3,(H,20,23). The summed E-state index contributed by atoms with van der Waals surface area (Å²) >= 11 is 0. The van der Waals surface area contributed by atoms with Crippen molar-refractivity contribution in [3.8, 4) is 0 Å². The highest BCUT2D eigenvalue weighted by atomic mass is 32.2. The quantitative estimate of drug-likeness (QED) is 0.596. The second-order valence-electron chi connectivity index (χ2n) is 7.92. The molecule has 2 atom stereocenters. The summed E-state index contributed by atoms with van der Waals surface area (Å²) in [6.45, 7) is 3.90. The number of carbonyl (C=O) groups excluding carboxylic acids is 1. The molecular formula is C19H29N3O5S2. The highest BCUT2D eigenvalue weighted by molar-refractivity contribution is 7.91. The third kappa shape index (κ3) is 5.78. The summed E-state index contributed by atoms with van der Waals surface area (Å²) in [6, 6.07) is 5.18. The second-order valence-corrected chi connectivity index (χ2v) is 12.4. The Morgan fingerprint density at radius 1 is 1.10 bits per heavy atom. The Morgan fingerprint density at radius 2 is 1.79 bits per heavy atom. The van der Waals surface area contributed by atoms with Crippen LogP contribution in [0.5, 0.6) is 0 Å². The number of rotatable bonds is 7. The summed E-state index contributed by atoms with van der Waals surface area (Å²) in [7, 11) is -6.23. The van der Waals surface area contributed by atoms with Crippen LogP contribution < -0.4 is 10.7 Å². The molecule has 0 bridgehead atoms. The van der Waals surface area contributed by atoms with E-state index in [1.165, 1.54) is 0 Å². The smallest absolute Gasteiger partial charge is 0.240 e. The fourth-order valence-corrected chi connectivity index (χ4v) is 7.36. The molecule has 0 saturated carbocycles. The summed E-state index contributed by atoms with van der Waals surface area (Å²) in [5.74, 6) is -0.0964. The number of aryl methyl sites for hydroxylation is 2. The summed E-state index contributed by atoms with van der Waals surface area (Å²) in [6.07, 6.45) is 1.66. The number of sulfone groups is 2. The van der Waals surface area contributed by atoms with Gasteiger partial charge in [0.05, 0.1) is 29.6 Å². The van der Waals surface area contributed by atoms with Gasteiger partial charge < -0.3 is 5.32 Å². The monoisotopic (exact) mass is 443 g/mol. The molecule has 2 aliphatic rings. The molecule has 3 rings (SSSR count). The fourth-order valence-electron chi connectivity index (χ4n) is 3.97. The topological polar surface area (TPSA) is 113 Å². The first-order valence-corrected chi connectivity index (χ1v) is 13.5. The van der Waals surface area contributed by atoms with Crippen molar-refractivity contribution in [1.29, 1.82) is 0 Å². The molecule has 0 radical (unpaired) electrons. The zero-order chi connectivity index (χ0) is 21.2. The largest absolute Gasteiger partial charge is 0.324 e. The summed E-state index contributed by atoms with van der Waals surface area (Å²) in [4.78, 5) is 12.8. The van der Waals surface area contributed by atoms with Gasteiger partial charge in [0.25, 0.3) is 0 Å². The molecule has 1 aromatic rings. The lowest BCUT2D eigenvalue weighted by Gasteiger charge is -2.31. The second kappa shape index (κ2) is 8.71. The van der Waals surface area contributed by atoms with Gasteiger partial charge >= 0.3 is 0 Å². The van der Waals surface area contributed by atoms with Crippen molar-refractivity contribution in [2.45, 2.75) is 45.2 Å². The predicted molar refractivity (Wildman–Crippen MR) is 113 cm³/mol. The van der Waals surface area contributed by atoms with Crippen LogP contribution in [0.15, 0.2) is 18.2 Å². The fraction of sp³-hybridized carbons (Fsp3) is 0.632. The van der Waals surface area contributed by atoms with Crippen molar-refractivity contribution in [3.05, 3.63) is 29.3 Å². The van der Waals surface area contributed by atoms with E-state index in [-0.39, 0.29) is 47.5 Å². The first-order chi connectivity index (χ1) is 13.6. The van der Waals surface area contributed by atoms with Crippen LogP contribution in [0.3, 0.4) is 0 Å². The number of carbonyl (C=O) groups is 1. The highest BCUT2D eigenvalue weighted by Gasteiger charge is 2.36. The number of hydrogen-bond acceptors (Lipinski definition) is 7. The lowest BCUT2D eigenvalue weighted by Crippen LogP contribution is -2.54. The van der Waals surface area contributed by atoms with Crippen LogP contribution >= 0.6 is 0 Å². The van der Waals surface area contributed by atoms with Crippen LogP contribution in [-0.4, -0.2) is 69.4 Å². The summed E-state index contributed by atoms with van der Waals surface area (Å²) in [5, 5.41) is 4.59. The maximum Gasteiger partial charge on any atom is 0.240 e. The van der Waals surface area contributed by atoms with Gasteiger partial charge in [0.1, 0.15) is 0 Å². The third-order valence-corrected chi connectivity index (χ3v) is 9.07. The minimum atomic E-state index is -3.14. The molecule has 1 amide bonds. The van der Waals surface area contributed by atoms with Crippen LogP contribution in [0.25, 0.3) is 0 Å². The zero-order valence-electron chi connectivity index (χ0n) is 16.8. The van der Waals surface area contributed by atoms with Gasteiger partial charge in [-0.2, -0.15) is 0 Å². The molecule has 8 nitrogen and oxygen atoms in total. The molecule has 2 N–H and O–H groups in total. The molecule has 2 fully saturated rings. The number of nitrogens with one attached hydrogen (secondary N) is 2. The van der Waals surface area contributed by atoms with Gasteiger partial charge in [0, 0.05) is 17.8 Å². The molecule has 0 aromatic heterocycles. The van der Waals surface area contributed by atoms with Crippen LogP contribution in [0, 0.1) is 6.92 Å². The number of hydrazine groups is 1. The number of benzene rings is 1. The zero-order valence-corrected chi connectivity index (χ0v) is 18.5. The van der Waals surface area contributed by atoms with Gasteiger partial charge in [-0.05, 0) is 37.3 Å². The third-order valence-electron chi connectivity index (χ3n) is 5.55. The van der Waals surface area contributed by atoms with Crippen molar-refractivity contribution in [3.63, 3.8) is 0 Å². The van der Waals surface area contributed by atoms with Crippen LogP contribution in [0.4, 0.5) is 5.69 Å². The molecular weight excluding hydrogens is 414 g/mol. The van der Waals surface area contributed by atoms with E-state index < -0.39 is 19.7 Å². The van der Waals surface area contributed by atoms with Gasteiger partial charge in [-0.15, -0.1) is 0 Å². The van der Waals surface area contributed by atoms with E-state index in [1.807, 2.05) is 32.0 Å². The van der Waals surface area contributed by atoms with Crippen LogP contribution in [0.2, 0.25) is 0 Å². The van der Waals surface area contributed by atoms with E-state index in [0.29, 0.717) is 12.8 Å². The maximum atomic E-state index is 12.8. The predicted octanol–water partition coefficient (Wildman–Crippen LogP) is 0.677. The van der Waals surface area contributed by atoms with E-state index in [1.54, 1.807) is 5.01 Å². The molecule has 2 saturated heterocycles. The first-order valence-electron chi connectivity index (χ1n) is 9.90. The Labute approximate surface area is 172 Å². The molecule has 0 spiro atoms. The average Bonchev–Trinajstić information content (AvgIpc) is 3.17. The van der Waals surface area contributed by atoms with Gasteiger partial charge in [-0.3, -0.25) is 10.2 Å². The summed E-state index contributed by atoms with van der Waals surface area (Å²) in [5.41, 5.74) is 5.91. The van der Waals surface area contributed by atoms with Crippen molar-refractivity contribution < 1.29 is 21.6 Å². The lowest BCUT2D eigenvalue weighted by molar-refractivity contribution is -0.118. The number of para-hydroxylation sites is 1. The maximum absolute atomic E-state index is 12.8. The Bertz CT molecular complexity index is 976. The molecule has 2 aliphatic heterocycles. The highest BCUT2D eigenvalue weighted by Crippen LogP contribution is 2.22. The van der Waals surface area contributed by atoms with E-state index >= 15 is 0 Å². The van der Waals surface area contributed by atoms with Crippen LogP contribution in [0.1, 0.15) is 30.9 Å². The minimum absolute atomic E-state index is 0.00235. The molecule has 2 heterocycles. The molecule has 162 valence electrons. The van der Waals surface area contributed by atoms with Crippen molar-refractivity contribution in [2.24, 2.45) is 0 Å². The number of nitrogens with zero attached hydrogens (tertiary/aromatic N) is 1. The SMILES string of the molecule is CCc1cccc(C)c1NC(=O)CN(NC1CCS(=O)(=O)C1)C1CCS(=O)(=O)C1. The Hall–Kier alpha value is -1.49. The van der Waals surface area contributed by atoms with E-state index in [0.717, 1.165) is 23.2 Å². The Balaban J connectivity index is 1.73. The number of anilines is 1. The van der Waals surface area contributed by atoms with E-state index in [2.05, 4.69) is 10.7 Å². The Morgan fingerprint density at radius 3 is 2.38 bits per heavy atom. The molecule has 1 aromatic carbocycles. The normalized spacial score (nSPS) is 25.3. The molecule has 0 aliphatic carbocycles. The summed E-state index contributed by atoms with van der Waals surface area (Å²) < 4.78 is 47.4. The molecule has 10 heteroatoms. The lowest BCUT2D eigenvalue weighted by atomic mass is 10.1. The van der Waals surface area contributed by atoms with E-state index in [4.69, 9.17) is 0 Å². The Kier molecular flexibility index (Phi) is 6.67. The first kappa shape index (κ1) is 22.2. The molecule has 2 unspecified atom stereocenters. The number of amides is 1. The minimum Gasteiger partial charge on any atom is -0.324 e. The number of hydrogen-bond donors (Lipinski definition) is 2. The average molecular weight is 444 g/mol. The van der Waals surface area contributed by atoms with Gasteiger partial charge in [-0.25, -0.2) is 21.8 Å². The van der Waals surface area contributed by atoms with E-state index in [9.17, 15) is 21.6 Å². The van der Waals surface area contributed by atoms with Crippen LogP contribution in [-0.2, 0) is 30.9 Å².